The molecule has 7 heteroatoms. The number of nitrogens with zero attached hydrogens (tertiary/aromatic N) is 1. The highest BCUT2D eigenvalue weighted by Gasteiger charge is 2.19. The lowest BCUT2D eigenvalue weighted by molar-refractivity contribution is 0.475. The summed E-state index contributed by atoms with van der Waals surface area (Å²) in [6.07, 6.45) is 0. The van der Waals surface area contributed by atoms with Gasteiger partial charge in [-0.2, -0.15) is 5.26 Å². The number of aromatic hydroxyl groups is 1. The number of sulfonamides is 1. The molecule has 2 N–H and O–H groups in total. The van der Waals surface area contributed by atoms with Crippen LogP contribution in [-0.2, 0) is 10.0 Å². The monoisotopic (exact) mass is 322 g/mol. The van der Waals surface area contributed by atoms with Crippen LogP contribution in [0.4, 0.5) is 5.69 Å². The van der Waals surface area contributed by atoms with Crippen molar-refractivity contribution < 1.29 is 13.5 Å². The molecule has 0 amide bonds. The van der Waals surface area contributed by atoms with E-state index in [9.17, 15) is 13.5 Å². The van der Waals surface area contributed by atoms with Gasteiger partial charge >= 0.3 is 0 Å². The maximum Gasteiger partial charge on any atom is 0.263 e. The molecular formula is C14H11ClN2O3S. The number of rotatable bonds is 3. The second-order valence-corrected chi connectivity index (χ2v) is 6.42. The minimum atomic E-state index is -3.93. The van der Waals surface area contributed by atoms with Crippen LogP contribution in [0.3, 0.4) is 0 Å². The van der Waals surface area contributed by atoms with Gasteiger partial charge in [0.25, 0.3) is 10.0 Å². The zero-order chi connectivity index (χ0) is 15.6. The van der Waals surface area contributed by atoms with E-state index in [1.807, 2.05) is 6.07 Å². The number of nitrogens with one attached hydrogen (secondary N) is 1. The first kappa shape index (κ1) is 15.2. The summed E-state index contributed by atoms with van der Waals surface area (Å²) in [5, 5.41) is 18.2. The summed E-state index contributed by atoms with van der Waals surface area (Å²) in [6.45, 7) is 1.66. The lowest BCUT2D eigenvalue weighted by Crippen LogP contribution is -2.14. The Morgan fingerprint density at radius 2 is 1.95 bits per heavy atom. The molecule has 5 nitrogen and oxygen atoms in total. The molecular weight excluding hydrogens is 312 g/mol. The van der Waals surface area contributed by atoms with E-state index in [0.717, 1.165) is 0 Å². The molecule has 0 saturated heterocycles. The normalized spacial score (nSPS) is 10.9. The molecule has 0 aliphatic carbocycles. The van der Waals surface area contributed by atoms with Gasteiger partial charge in [-0.15, -0.1) is 0 Å². The van der Waals surface area contributed by atoms with E-state index in [1.165, 1.54) is 36.4 Å². The van der Waals surface area contributed by atoms with Crippen LogP contribution in [0.2, 0.25) is 5.02 Å². The fourth-order valence-electron chi connectivity index (χ4n) is 1.74. The Morgan fingerprint density at radius 1 is 1.24 bits per heavy atom. The van der Waals surface area contributed by atoms with Crippen molar-refractivity contribution in [3.05, 3.63) is 52.5 Å². The van der Waals surface area contributed by atoms with Crippen LogP contribution in [0.1, 0.15) is 11.1 Å². The molecule has 0 atom stereocenters. The standard InChI is InChI=1S/C14H11ClN2O3S/c1-9-6-11(18)3-5-13(9)17-21(19,20)14-7-10(8-16)2-4-12(14)15/h2-7,17-18H,1H3. The van der Waals surface area contributed by atoms with Gasteiger partial charge < -0.3 is 5.11 Å². The maximum absolute atomic E-state index is 12.4. The number of phenols is 1. The Labute approximate surface area is 127 Å². The highest BCUT2D eigenvalue weighted by molar-refractivity contribution is 7.92. The Kier molecular flexibility index (Phi) is 4.07. The zero-order valence-electron chi connectivity index (χ0n) is 11.0. The quantitative estimate of drug-likeness (QED) is 0.850. The molecule has 108 valence electrons. The van der Waals surface area contributed by atoms with Crippen LogP contribution in [0.15, 0.2) is 41.3 Å². The predicted octanol–water partition coefficient (Wildman–Crippen LogP) is 3.03. The van der Waals surface area contributed by atoms with E-state index in [4.69, 9.17) is 16.9 Å². The predicted molar refractivity (Wildman–Crippen MR) is 79.8 cm³/mol. The van der Waals surface area contributed by atoms with Crippen molar-refractivity contribution in [2.45, 2.75) is 11.8 Å². The smallest absolute Gasteiger partial charge is 0.263 e. The Hall–Kier alpha value is -2.23. The second kappa shape index (κ2) is 5.64. The molecule has 0 radical (unpaired) electrons. The van der Waals surface area contributed by atoms with Gasteiger partial charge in [0.2, 0.25) is 0 Å². The average molecular weight is 323 g/mol. The van der Waals surface area contributed by atoms with Crippen molar-refractivity contribution in [2.24, 2.45) is 0 Å². The van der Waals surface area contributed by atoms with Gasteiger partial charge in [0.05, 0.1) is 22.3 Å². The fraction of sp³-hybridized carbons (Fsp3) is 0.0714. The van der Waals surface area contributed by atoms with Gasteiger partial charge in [-0.05, 0) is 48.9 Å². The van der Waals surface area contributed by atoms with Gasteiger partial charge in [0.15, 0.2) is 0 Å². The van der Waals surface area contributed by atoms with Crippen LogP contribution in [0.25, 0.3) is 0 Å². The Balaban J connectivity index is 2.46. The van der Waals surface area contributed by atoms with Crippen molar-refractivity contribution in [1.82, 2.24) is 0 Å². The van der Waals surface area contributed by atoms with E-state index in [1.54, 1.807) is 6.92 Å². The van der Waals surface area contributed by atoms with Crippen LogP contribution in [0, 0.1) is 18.3 Å². The molecule has 0 aliphatic rings. The third-order valence-corrected chi connectivity index (χ3v) is 4.65. The molecule has 2 rings (SSSR count). The molecule has 21 heavy (non-hydrogen) atoms. The van der Waals surface area contributed by atoms with Crippen molar-refractivity contribution >= 4 is 27.3 Å². The molecule has 0 heterocycles. The van der Waals surface area contributed by atoms with Gasteiger partial charge in [-0.1, -0.05) is 11.6 Å². The number of hydrogen-bond acceptors (Lipinski definition) is 4. The SMILES string of the molecule is Cc1cc(O)ccc1NS(=O)(=O)c1cc(C#N)ccc1Cl. The minimum absolute atomic E-state index is 0.0259. The van der Waals surface area contributed by atoms with Crippen molar-refractivity contribution in [1.29, 1.82) is 5.26 Å². The number of benzene rings is 2. The third kappa shape index (κ3) is 3.27. The summed E-state index contributed by atoms with van der Waals surface area (Å²) < 4.78 is 27.1. The van der Waals surface area contributed by atoms with E-state index in [0.29, 0.717) is 11.3 Å². The first-order valence-corrected chi connectivity index (χ1v) is 7.71. The van der Waals surface area contributed by atoms with Gasteiger partial charge in [-0.3, -0.25) is 4.72 Å². The number of anilines is 1. The summed E-state index contributed by atoms with van der Waals surface area (Å²) in [5.74, 6) is 0.0416. The maximum atomic E-state index is 12.4. The third-order valence-electron chi connectivity index (χ3n) is 2.80. The molecule has 0 fully saturated rings. The topological polar surface area (TPSA) is 90.2 Å². The molecule has 0 unspecified atom stereocenters. The largest absolute Gasteiger partial charge is 0.508 e. The summed E-state index contributed by atoms with van der Waals surface area (Å²) in [7, 11) is -3.93. The second-order valence-electron chi connectivity index (χ2n) is 4.36. The van der Waals surface area contributed by atoms with E-state index >= 15 is 0 Å². The van der Waals surface area contributed by atoms with Gasteiger partial charge in [-0.25, -0.2) is 8.42 Å². The van der Waals surface area contributed by atoms with Crippen LogP contribution < -0.4 is 4.72 Å². The molecule has 2 aromatic rings. The number of hydrogen-bond donors (Lipinski definition) is 2. The lowest BCUT2D eigenvalue weighted by Gasteiger charge is -2.12. The number of phenolic OH excluding ortho intramolecular Hbond substituents is 1. The van der Waals surface area contributed by atoms with E-state index in [2.05, 4.69) is 4.72 Å². The van der Waals surface area contributed by atoms with Crippen molar-refractivity contribution in [3.8, 4) is 11.8 Å². The minimum Gasteiger partial charge on any atom is -0.508 e. The summed E-state index contributed by atoms with van der Waals surface area (Å²) in [4.78, 5) is -0.171. The molecule has 0 spiro atoms. The zero-order valence-corrected chi connectivity index (χ0v) is 12.5. The first-order chi connectivity index (χ1) is 9.83. The molecule has 2 aromatic carbocycles. The Morgan fingerprint density at radius 3 is 2.57 bits per heavy atom. The molecule has 0 bridgehead atoms. The van der Waals surface area contributed by atoms with Crippen molar-refractivity contribution in [3.63, 3.8) is 0 Å². The number of nitriles is 1. The van der Waals surface area contributed by atoms with Crippen LogP contribution in [-0.4, -0.2) is 13.5 Å². The van der Waals surface area contributed by atoms with Gasteiger partial charge in [0, 0.05) is 0 Å². The van der Waals surface area contributed by atoms with Crippen LogP contribution >= 0.6 is 11.6 Å². The molecule has 0 saturated carbocycles. The number of halogens is 1. The lowest BCUT2D eigenvalue weighted by atomic mass is 10.2. The average Bonchev–Trinajstić information content (AvgIpc) is 2.42. The first-order valence-electron chi connectivity index (χ1n) is 5.85. The van der Waals surface area contributed by atoms with E-state index < -0.39 is 10.0 Å². The summed E-state index contributed by atoms with van der Waals surface area (Å²) in [5.41, 5.74) is 1.08. The van der Waals surface area contributed by atoms with Gasteiger partial charge in [0.1, 0.15) is 10.6 Å². The summed E-state index contributed by atoms with van der Waals surface area (Å²) in [6, 6.07) is 10.1. The Bertz CT molecular complexity index is 842. The highest BCUT2D eigenvalue weighted by atomic mass is 35.5. The molecule has 0 aliphatic heterocycles. The fourth-order valence-corrected chi connectivity index (χ4v) is 3.40. The van der Waals surface area contributed by atoms with Crippen molar-refractivity contribution in [2.75, 3.05) is 4.72 Å². The highest BCUT2D eigenvalue weighted by Crippen LogP contribution is 2.27. The summed E-state index contributed by atoms with van der Waals surface area (Å²) >= 11 is 5.90. The molecule has 0 aromatic heterocycles. The van der Waals surface area contributed by atoms with E-state index in [-0.39, 0.29) is 21.2 Å². The van der Waals surface area contributed by atoms with Crippen LogP contribution in [0.5, 0.6) is 5.75 Å². The number of aryl methyl sites for hydroxylation is 1.